The molecule has 1 aromatic rings. The lowest BCUT2D eigenvalue weighted by molar-refractivity contribution is -0.136. The van der Waals surface area contributed by atoms with Gasteiger partial charge in [0.1, 0.15) is 12.4 Å². The molecule has 8 heteroatoms. The monoisotopic (exact) mass is 323 g/mol. The quantitative estimate of drug-likeness (QED) is 0.799. The fourth-order valence-corrected chi connectivity index (χ4v) is 3.27. The average Bonchev–Trinajstić information content (AvgIpc) is 2.92. The maximum absolute atomic E-state index is 12.5. The first-order valence-electron chi connectivity index (χ1n) is 8.44. The second-order valence-electron chi connectivity index (χ2n) is 6.08. The predicted octanol–water partition coefficient (Wildman–Crippen LogP) is -0.609. The Kier molecular flexibility index (Phi) is 5.12. The van der Waals surface area contributed by atoms with Crippen molar-refractivity contribution in [3.05, 3.63) is 16.3 Å². The van der Waals surface area contributed by atoms with Gasteiger partial charge in [0.25, 0.3) is 0 Å². The lowest BCUT2D eigenvalue weighted by atomic mass is 9.99. The largest absolute Gasteiger partial charge is 0.378 e. The van der Waals surface area contributed by atoms with Crippen molar-refractivity contribution in [2.24, 2.45) is 0 Å². The van der Waals surface area contributed by atoms with Crippen LogP contribution in [0.3, 0.4) is 0 Å². The molecule has 2 aliphatic heterocycles. The van der Waals surface area contributed by atoms with Crippen molar-refractivity contribution in [3.8, 4) is 0 Å². The van der Waals surface area contributed by atoms with E-state index in [4.69, 9.17) is 4.74 Å². The number of amides is 1. The van der Waals surface area contributed by atoms with Crippen LogP contribution < -0.4 is 11.0 Å². The number of piperidine rings is 1. The first kappa shape index (κ1) is 16.2. The zero-order chi connectivity index (χ0) is 16.2. The predicted molar refractivity (Wildman–Crippen MR) is 84.4 cm³/mol. The molecule has 1 N–H and O–H groups in total. The van der Waals surface area contributed by atoms with Gasteiger partial charge in [0.15, 0.2) is 0 Å². The van der Waals surface area contributed by atoms with E-state index < -0.39 is 0 Å². The fourth-order valence-electron chi connectivity index (χ4n) is 3.27. The highest BCUT2D eigenvalue weighted by molar-refractivity contribution is 5.75. The molecule has 8 nitrogen and oxygen atoms in total. The Hall–Kier alpha value is -1.67. The molecular formula is C15H25N5O3. The van der Waals surface area contributed by atoms with Crippen LogP contribution in [0, 0.1) is 0 Å². The summed E-state index contributed by atoms with van der Waals surface area (Å²) in [6.07, 6.45) is 2.11. The maximum atomic E-state index is 12.5. The molecule has 0 bridgehead atoms. The van der Waals surface area contributed by atoms with E-state index in [9.17, 15) is 9.59 Å². The molecule has 0 spiro atoms. The van der Waals surface area contributed by atoms with Gasteiger partial charge in [-0.25, -0.2) is 9.48 Å². The summed E-state index contributed by atoms with van der Waals surface area (Å²) in [5.74, 6) is 0.986. The van der Waals surface area contributed by atoms with Gasteiger partial charge < -0.3 is 15.0 Å². The third kappa shape index (κ3) is 3.48. The molecule has 128 valence electrons. The van der Waals surface area contributed by atoms with Gasteiger partial charge in [-0.15, -0.1) is 0 Å². The van der Waals surface area contributed by atoms with Gasteiger partial charge in [-0.1, -0.05) is 0 Å². The number of nitrogens with zero attached hydrogens (tertiary/aromatic N) is 4. The van der Waals surface area contributed by atoms with E-state index in [0.717, 1.165) is 31.8 Å². The van der Waals surface area contributed by atoms with Crippen molar-refractivity contribution >= 4 is 5.91 Å². The van der Waals surface area contributed by atoms with Crippen LogP contribution in [-0.4, -0.2) is 64.5 Å². The number of morpholine rings is 1. The number of ether oxygens (including phenoxy) is 1. The summed E-state index contributed by atoms with van der Waals surface area (Å²) in [7, 11) is 0. The van der Waals surface area contributed by atoms with Gasteiger partial charge in [-0.3, -0.25) is 9.36 Å². The lowest BCUT2D eigenvalue weighted by Gasteiger charge is -2.26. The lowest BCUT2D eigenvalue weighted by Crippen LogP contribution is -2.43. The van der Waals surface area contributed by atoms with E-state index in [2.05, 4.69) is 10.4 Å². The summed E-state index contributed by atoms with van der Waals surface area (Å²) in [5, 5.41) is 7.84. The second kappa shape index (κ2) is 7.27. The minimum atomic E-state index is -0.185. The van der Waals surface area contributed by atoms with Gasteiger partial charge >= 0.3 is 5.69 Å². The molecule has 1 atom stereocenters. The van der Waals surface area contributed by atoms with Crippen LogP contribution in [0.25, 0.3) is 0 Å². The smallest absolute Gasteiger partial charge is 0.346 e. The summed E-state index contributed by atoms with van der Waals surface area (Å²) in [6.45, 7) is 6.68. The number of hydrogen-bond acceptors (Lipinski definition) is 5. The van der Waals surface area contributed by atoms with Crippen LogP contribution in [0.15, 0.2) is 4.79 Å². The van der Waals surface area contributed by atoms with Crippen LogP contribution in [-0.2, 0) is 22.6 Å². The molecular weight excluding hydrogens is 298 g/mol. The molecule has 1 amide bonds. The summed E-state index contributed by atoms with van der Waals surface area (Å²) in [5.41, 5.74) is -0.185. The molecule has 0 saturated carbocycles. The summed E-state index contributed by atoms with van der Waals surface area (Å²) in [4.78, 5) is 26.6. The van der Waals surface area contributed by atoms with E-state index >= 15 is 0 Å². The van der Waals surface area contributed by atoms with Gasteiger partial charge in [0.2, 0.25) is 5.91 Å². The highest BCUT2D eigenvalue weighted by Crippen LogP contribution is 2.20. The molecule has 2 saturated heterocycles. The third-order valence-corrected chi connectivity index (χ3v) is 4.58. The van der Waals surface area contributed by atoms with Crippen molar-refractivity contribution < 1.29 is 9.53 Å². The minimum Gasteiger partial charge on any atom is -0.378 e. The molecule has 3 rings (SSSR count). The molecule has 2 fully saturated rings. The second-order valence-corrected chi connectivity index (χ2v) is 6.08. The molecule has 2 aliphatic rings. The molecule has 0 aliphatic carbocycles. The number of rotatable bonds is 4. The Morgan fingerprint density at radius 1 is 1.39 bits per heavy atom. The molecule has 1 aromatic heterocycles. The molecule has 23 heavy (non-hydrogen) atoms. The third-order valence-electron chi connectivity index (χ3n) is 4.58. The topological polar surface area (TPSA) is 81.4 Å². The maximum Gasteiger partial charge on any atom is 0.346 e. The van der Waals surface area contributed by atoms with Gasteiger partial charge in [0.05, 0.1) is 13.2 Å². The number of hydrogen-bond donors (Lipinski definition) is 1. The summed E-state index contributed by atoms with van der Waals surface area (Å²) in [6, 6.07) is 0. The van der Waals surface area contributed by atoms with Crippen LogP contribution in [0.2, 0.25) is 0 Å². The van der Waals surface area contributed by atoms with Crippen molar-refractivity contribution in [3.63, 3.8) is 0 Å². The molecule has 3 heterocycles. The minimum absolute atomic E-state index is 0.0129. The number of carbonyl (C=O) groups is 1. The van der Waals surface area contributed by atoms with E-state index in [-0.39, 0.29) is 24.1 Å². The van der Waals surface area contributed by atoms with E-state index in [0.29, 0.717) is 32.8 Å². The fraction of sp³-hybridized carbons (Fsp3) is 0.800. The van der Waals surface area contributed by atoms with Gasteiger partial charge in [-0.05, 0) is 26.3 Å². The van der Waals surface area contributed by atoms with Crippen molar-refractivity contribution in [1.82, 2.24) is 24.6 Å². The van der Waals surface area contributed by atoms with E-state index in [1.165, 1.54) is 4.68 Å². The zero-order valence-electron chi connectivity index (χ0n) is 13.7. The Balaban J connectivity index is 1.77. The van der Waals surface area contributed by atoms with Crippen molar-refractivity contribution in [1.29, 1.82) is 0 Å². The Morgan fingerprint density at radius 3 is 2.83 bits per heavy atom. The highest BCUT2D eigenvalue weighted by Gasteiger charge is 2.25. The van der Waals surface area contributed by atoms with Crippen molar-refractivity contribution in [2.45, 2.75) is 38.8 Å². The van der Waals surface area contributed by atoms with E-state index in [1.807, 2.05) is 6.92 Å². The van der Waals surface area contributed by atoms with Crippen LogP contribution in [0.1, 0.15) is 31.5 Å². The number of nitrogens with one attached hydrogen (secondary N) is 1. The molecule has 0 aromatic carbocycles. The molecule has 0 radical (unpaired) electrons. The molecule has 1 unspecified atom stereocenters. The zero-order valence-corrected chi connectivity index (χ0v) is 13.7. The Bertz CT molecular complexity index is 597. The van der Waals surface area contributed by atoms with Gasteiger partial charge in [0, 0.05) is 32.1 Å². The number of carbonyl (C=O) groups excluding carboxylic acids is 1. The van der Waals surface area contributed by atoms with Crippen LogP contribution in [0.5, 0.6) is 0 Å². The SMILES string of the molecule is CCn1c(C2CCCNC2)nn(CC(=O)N2CCOCC2)c1=O. The number of aromatic nitrogens is 3. The normalized spacial score (nSPS) is 22.3. The summed E-state index contributed by atoms with van der Waals surface area (Å²) >= 11 is 0. The van der Waals surface area contributed by atoms with Crippen LogP contribution >= 0.6 is 0 Å². The van der Waals surface area contributed by atoms with Crippen molar-refractivity contribution in [2.75, 3.05) is 39.4 Å². The Labute approximate surface area is 135 Å². The Morgan fingerprint density at radius 2 is 2.17 bits per heavy atom. The average molecular weight is 323 g/mol. The standard InChI is InChI=1S/C15H25N5O3/c1-2-19-14(12-4-3-5-16-10-12)17-20(15(19)22)11-13(21)18-6-8-23-9-7-18/h12,16H,2-11H2,1H3. The van der Waals surface area contributed by atoms with E-state index in [1.54, 1.807) is 9.47 Å². The van der Waals surface area contributed by atoms with Gasteiger partial charge in [-0.2, -0.15) is 5.10 Å². The summed E-state index contributed by atoms with van der Waals surface area (Å²) < 4.78 is 8.28. The first-order valence-corrected chi connectivity index (χ1v) is 8.44. The van der Waals surface area contributed by atoms with Crippen LogP contribution in [0.4, 0.5) is 0 Å². The highest BCUT2D eigenvalue weighted by atomic mass is 16.5. The first-order chi connectivity index (χ1) is 11.2.